The molecule has 2 aliphatic rings. The van der Waals surface area contributed by atoms with Crippen molar-refractivity contribution < 1.29 is 5.11 Å². The molecule has 0 amide bonds. The van der Waals surface area contributed by atoms with Crippen LogP contribution in [-0.4, -0.2) is 33.8 Å². The van der Waals surface area contributed by atoms with Crippen molar-refractivity contribution in [2.45, 2.75) is 37.7 Å². The number of anilines is 1. The largest absolute Gasteiger partial charge is 0.389 e. The third-order valence-corrected chi connectivity index (χ3v) is 4.87. The fraction of sp³-hybridized carbons (Fsp3) is 0.692. The van der Waals surface area contributed by atoms with E-state index in [9.17, 15) is 5.11 Å². The molecule has 2 fully saturated rings. The first-order valence-corrected chi connectivity index (χ1v) is 7.70. The number of aliphatic hydroxyl groups is 1. The zero-order chi connectivity index (χ0) is 12.6. The summed E-state index contributed by atoms with van der Waals surface area (Å²) in [6.07, 6.45) is 9.08. The van der Waals surface area contributed by atoms with Gasteiger partial charge in [0.05, 0.1) is 5.60 Å². The first-order chi connectivity index (χ1) is 8.67. The van der Waals surface area contributed by atoms with Gasteiger partial charge in [-0.25, -0.2) is 9.97 Å². The molecule has 4 nitrogen and oxygen atoms in total. The second-order valence-corrected chi connectivity index (χ2v) is 6.69. The molecule has 5 heteroatoms. The van der Waals surface area contributed by atoms with E-state index < -0.39 is 5.60 Å². The predicted molar refractivity (Wildman–Crippen MR) is 78.5 cm³/mol. The molecule has 0 spiro atoms. The van der Waals surface area contributed by atoms with Crippen LogP contribution in [0, 0.1) is 9.49 Å². The van der Waals surface area contributed by atoms with Gasteiger partial charge in [-0.2, -0.15) is 0 Å². The molecule has 0 radical (unpaired) electrons. The third kappa shape index (κ3) is 2.34. The Morgan fingerprint density at radius 3 is 2.83 bits per heavy atom. The molecule has 98 valence electrons. The number of nitrogens with zero attached hydrogens (tertiary/aromatic N) is 3. The lowest BCUT2D eigenvalue weighted by atomic mass is 9.71. The molecule has 0 bridgehead atoms. The van der Waals surface area contributed by atoms with Crippen LogP contribution in [0.15, 0.2) is 12.4 Å². The van der Waals surface area contributed by atoms with Gasteiger partial charge in [0, 0.05) is 35.0 Å². The van der Waals surface area contributed by atoms with Crippen LogP contribution in [0.2, 0.25) is 0 Å². The van der Waals surface area contributed by atoms with Gasteiger partial charge in [0.2, 0.25) is 5.95 Å². The highest BCUT2D eigenvalue weighted by atomic mass is 127. The van der Waals surface area contributed by atoms with Crippen LogP contribution < -0.4 is 4.90 Å². The Labute approximate surface area is 121 Å². The van der Waals surface area contributed by atoms with Crippen LogP contribution in [0.1, 0.15) is 32.1 Å². The Hall–Kier alpha value is -0.430. The summed E-state index contributed by atoms with van der Waals surface area (Å²) in [6, 6.07) is 0. The molecule has 1 aromatic rings. The van der Waals surface area contributed by atoms with Gasteiger partial charge in [0.25, 0.3) is 0 Å². The lowest BCUT2D eigenvalue weighted by Gasteiger charge is -2.47. The molecular formula is C13H18IN3O. The van der Waals surface area contributed by atoms with Crippen molar-refractivity contribution in [3.05, 3.63) is 16.0 Å². The molecule has 1 aliphatic heterocycles. The molecule has 2 atom stereocenters. The van der Waals surface area contributed by atoms with E-state index in [1.165, 1.54) is 12.8 Å². The number of hydrogen-bond acceptors (Lipinski definition) is 4. The Morgan fingerprint density at radius 1 is 1.28 bits per heavy atom. The summed E-state index contributed by atoms with van der Waals surface area (Å²) in [5.41, 5.74) is -0.419. The monoisotopic (exact) mass is 359 g/mol. The van der Waals surface area contributed by atoms with E-state index in [1.807, 2.05) is 12.4 Å². The van der Waals surface area contributed by atoms with Crippen LogP contribution in [0.3, 0.4) is 0 Å². The van der Waals surface area contributed by atoms with Crippen LogP contribution in [0.4, 0.5) is 5.95 Å². The van der Waals surface area contributed by atoms with E-state index in [4.69, 9.17) is 0 Å². The SMILES string of the molecule is OC12CCCCC1CN(c1ncc(I)cn1)CC2. The summed E-state index contributed by atoms with van der Waals surface area (Å²) in [7, 11) is 0. The molecule has 0 aromatic carbocycles. The maximum Gasteiger partial charge on any atom is 0.225 e. The molecule has 1 saturated heterocycles. The third-order valence-electron chi connectivity index (χ3n) is 4.32. The van der Waals surface area contributed by atoms with Crippen LogP contribution >= 0.6 is 22.6 Å². The molecular weight excluding hydrogens is 341 g/mol. The second-order valence-electron chi connectivity index (χ2n) is 5.44. The molecule has 1 N–H and O–H groups in total. The van der Waals surface area contributed by atoms with Crippen LogP contribution in [0.5, 0.6) is 0 Å². The number of aromatic nitrogens is 2. The van der Waals surface area contributed by atoms with Gasteiger partial charge < -0.3 is 10.0 Å². The fourth-order valence-corrected chi connectivity index (χ4v) is 3.50. The fourth-order valence-electron chi connectivity index (χ4n) is 3.22. The van der Waals surface area contributed by atoms with Gasteiger partial charge in [-0.3, -0.25) is 0 Å². The number of fused-ring (bicyclic) bond motifs is 1. The summed E-state index contributed by atoms with van der Waals surface area (Å²) >= 11 is 2.22. The zero-order valence-electron chi connectivity index (χ0n) is 10.3. The van der Waals surface area contributed by atoms with Gasteiger partial charge in [-0.15, -0.1) is 0 Å². The normalized spacial score (nSPS) is 32.1. The van der Waals surface area contributed by atoms with Crippen molar-refractivity contribution in [2.75, 3.05) is 18.0 Å². The average Bonchev–Trinajstić information content (AvgIpc) is 2.39. The van der Waals surface area contributed by atoms with E-state index in [1.54, 1.807) is 0 Å². The van der Waals surface area contributed by atoms with E-state index in [-0.39, 0.29) is 0 Å². The van der Waals surface area contributed by atoms with Crippen molar-refractivity contribution in [1.29, 1.82) is 0 Å². The highest BCUT2D eigenvalue weighted by molar-refractivity contribution is 14.1. The summed E-state index contributed by atoms with van der Waals surface area (Å²) in [4.78, 5) is 11.0. The van der Waals surface area contributed by atoms with Gasteiger partial charge in [-0.05, 0) is 41.9 Å². The number of rotatable bonds is 1. The van der Waals surface area contributed by atoms with Crippen molar-refractivity contribution in [2.24, 2.45) is 5.92 Å². The molecule has 3 rings (SSSR count). The first kappa shape index (κ1) is 12.6. The topological polar surface area (TPSA) is 49.2 Å². The average molecular weight is 359 g/mol. The van der Waals surface area contributed by atoms with E-state index in [2.05, 4.69) is 37.5 Å². The van der Waals surface area contributed by atoms with E-state index >= 15 is 0 Å². The molecule has 1 saturated carbocycles. The Kier molecular flexibility index (Phi) is 3.44. The van der Waals surface area contributed by atoms with Gasteiger partial charge in [-0.1, -0.05) is 12.8 Å². The summed E-state index contributed by atoms with van der Waals surface area (Å²) < 4.78 is 1.06. The highest BCUT2D eigenvalue weighted by Gasteiger charge is 2.43. The number of halogens is 1. The Morgan fingerprint density at radius 2 is 2.06 bits per heavy atom. The predicted octanol–water partition coefficient (Wildman–Crippen LogP) is 2.21. The number of hydrogen-bond donors (Lipinski definition) is 1. The van der Waals surface area contributed by atoms with Crippen LogP contribution in [-0.2, 0) is 0 Å². The molecule has 1 aliphatic carbocycles. The molecule has 2 unspecified atom stereocenters. The standard InChI is InChI=1S/C13H18IN3O/c14-11-7-15-12(16-8-11)17-6-5-13(18)4-2-1-3-10(13)9-17/h7-8,10,18H,1-6,9H2. The van der Waals surface area contributed by atoms with Crippen molar-refractivity contribution >= 4 is 28.5 Å². The zero-order valence-corrected chi connectivity index (χ0v) is 12.5. The van der Waals surface area contributed by atoms with Crippen molar-refractivity contribution in [3.63, 3.8) is 0 Å². The lowest BCUT2D eigenvalue weighted by Crippen LogP contribution is -2.53. The second kappa shape index (κ2) is 4.92. The van der Waals surface area contributed by atoms with Gasteiger partial charge >= 0.3 is 0 Å². The summed E-state index contributed by atoms with van der Waals surface area (Å²) in [5.74, 6) is 1.20. The summed E-state index contributed by atoms with van der Waals surface area (Å²) in [6.45, 7) is 1.77. The van der Waals surface area contributed by atoms with Gasteiger partial charge in [0.15, 0.2) is 0 Å². The van der Waals surface area contributed by atoms with Crippen molar-refractivity contribution in [1.82, 2.24) is 9.97 Å². The van der Waals surface area contributed by atoms with Gasteiger partial charge in [0.1, 0.15) is 0 Å². The van der Waals surface area contributed by atoms with Crippen LogP contribution in [0.25, 0.3) is 0 Å². The minimum Gasteiger partial charge on any atom is -0.389 e. The van der Waals surface area contributed by atoms with E-state index in [0.29, 0.717) is 5.92 Å². The van der Waals surface area contributed by atoms with E-state index in [0.717, 1.165) is 41.9 Å². The highest BCUT2D eigenvalue weighted by Crippen LogP contribution is 2.40. The lowest BCUT2D eigenvalue weighted by molar-refractivity contribution is -0.0614. The molecule has 2 heterocycles. The first-order valence-electron chi connectivity index (χ1n) is 6.62. The quantitative estimate of drug-likeness (QED) is 0.782. The number of piperidine rings is 1. The maximum absolute atomic E-state index is 10.6. The molecule has 18 heavy (non-hydrogen) atoms. The summed E-state index contributed by atoms with van der Waals surface area (Å²) in [5, 5.41) is 10.6. The maximum atomic E-state index is 10.6. The minimum absolute atomic E-state index is 0.392. The smallest absolute Gasteiger partial charge is 0.225 e. The minimum atomic E-state index is -0.419. The Balaban J connectivity index is 1.75. The molecule has 1 aromatic heterocycles. The Bertz CT molecular complexity index is 425. The van der Waals surface area contributed by atoms with Crippen molar-refractivity contribution in [3.8, 4) is 0 Å².